The lowest BCUT2D eigenvalue weighted by Gasteiger charge is -2.29. The maximum Gasteiger partial charge on any atom is 0.230 e. The number of nitrogens with one attached hydrogen (secondary N) is 1. The van der Waals surface area contributed by atoms with Crippen LogP contribution in [0.25, 0.3) is 0 Å². The Kier molecular flexibility index (Phi) is 7.14. The summed E-state index contributed by atoms with van der Waals surface area (Å²) in [5.74, 6) is 0.0558. The average Bonchev–Trinajstić information content (AvgIpc) is 3.58. The van der Waals surface area contributed by atoms with Gasteiger partial charge in [0.05, 0.1) is 5.92 Å². The van der Waals surface area contributed by atoms with Crippen LogP contribution in [0.5, 0.6) is 0 Å². The van der Waals surface area contributed by atoms with E-state index in [-0.39, 0.29) is 17.7 Å². The van der Waals surface area contributed by atoms with Gasteiger partial charge in [-0.15, -0.1) is 0 Å². The Morgan fingerprint density at radius 3 is 2.33 bits per heavy atom. The van der Waals surface area contributed by atoms with E-state index in [1.165, 1.54) is 0 Å². The molecule has 0 bridgehead atoms. The molecule has 2 aromatic carbocycles. The Bertz CT molecular complexity index is 875. The van der Waals surface area contributed by atoms with Crippen molar-refractivity contribution in [2.75, 3.05) is 24.3 Å². The lowest BCUT2D eigenvalue weighted by Crippen LogP contribution is -2.36. The number of anilines is 2. The zero-order valence-corrected chi connectivity index (χ0v) is 18.5. The molecule has 1 aliphatic carbocycles. The lowest BCUT2D eigenvalue weighted by atomic mass is 9.94. The molecule has 0 unspecified atom stereocenters. The highest BCUT2D eigenvalue weighted by molar-refractivity contribution is 5.91. The molecule has 0 saturated heterocycles. The average molecular weight is 408 g/mol. The molecule has 0 spiro atoms. The Morgan fingerprint density at radius 1 is 1.07 bits per heavy atom. The molecule has 3 rings (SSSR count). The molecule has 0 aromatic heterocycles. The van der Waals surface area contributed by atoms with Crippen molar-refractivity contribution in [2.45, 2.75) is 58.0 Å². The Balaban J connectivity index is 1.89. The first-order chi connectivity index (χ1) is 14.4. The zero-order chi connectivity index (χ0) is 21.7. The van der Waals surface area contributed by atoms with E-state index in [9.17, 15) is 9.59 Å². The standard InChI is InChI=1S/C25H33N3O2/c1-5-22(18-10-8-7-9-11-18)25(30)28(21-13-14-21)17-19-16-20(26-24(29)6-2)12-15-23(19)27(3)4/h7-12,15-16,21-22H,5-6,13-14,17H2,1-4H3,(H,26,29)/t22-/m1/s1. The van der Waals surface area contributed by atoms with Crippen molar-refractivity contribution in [1.29, 1.82) is 0 Å². The van der Waals surface area contributed by atoms with Crippen LogP contribution in [0.2, 0.25) is 0 Å². The summed E-state index contributed by atoms with van der Waals surface area (Å²) in [5, 5.41) is 2.94. The minimum absolute atomic E-state index is 0.0104. The Labute approximate surface area is 180 Å². The summed E-state index contributed by atoms with van der Waals surface area (Å²) in [5.41, 5.74) is 3.97. The predicted molar refractivity (Wildman–Crippen MR) is 123 cm³/mol. The van der Waals surface area contributed by atoms with Crippen LogP contribution < -0.4 is 10.2 Å². The molecule has 1 atom stereocenters. The van der Waals surface area contributed by atoms with E-state index in [2.05, 4.69) is 22.0 Å². The molecule has 2 amide bonds. The number of carbonyl (C=O) groups excluding carboxylic acids is 2. The minimum atomic E-state index is -0.127. The van der Waals surface area contributed by atoms with Crippen LogP contribution in [0.4, 0.5) is 11.4 Å². The summed E-state index contributed by atoms with van der Waals surface area (Å²) in [6.45, 7) is 4.47. The third kappa shape index (κ3) is 5.21. The summed E-state index contributed by atoms with van der Waals surface area (Å²) in [4.78, 5) is 29.6. The van der Waals surface area contributed by atoms with Gasteiger partial charge in [-0.3, -0.25) is 9.59 Å². The third-order valence-electron chi connectivity index (χ3n) is 5.69. The first-order valence-corrected chi connectivity index (χ1v) is 10.9. The fraction of sp³-hybridized carbons (Fsp3) is 0.440. The fourth-order valence-corrected chi connectivity index (χ4v) is 3.87. The topological polar surface area (TPSA) is 52.7 Å². The SMILES string of the molecule is CCC(=O)Nc1ccc(N(C)C)c(CN(C(=O)[C@H](CC)c2ccccc2)C2CC2)c1. The van der Waals surface area contributed by atoms with Crippen molar-refractivity contribution in [1.82, 2.24) is 4.90 Å². The molecule has 5 nitrogen and oxygen atoms in total. The number of benzene rings is 2. The molecule has 30 heavy (non-hydrogen) atoms. The van der Waals surface area contributed by atoms with E-state index in [0.717, 1.165) is 41.8 Å². The second kappa shape index (κ2) is 9.79. The van der Waals surface area contributed by atoms with E-state index >= 15 is 0 Å². The van der Waals surface area contributed by atoms with Gasteiger partial charge in [0.15, 0.2) is 0 Å². The van der Waals surface area contributed by atoms with Gasteiger partial charge in [0.25, 0.3) is 0 Å². The number of amides is 2. The zero-order valence-electron chi connectivity index (χ0n) is 18.5. The summed E-state index contributed by atoms with van der Waals surface area (Å²) in [6.07, 6.45) is 3.33. The molecule has 1 fully saturated rings. The molecule has 1 N–H and O–H groups in total. The minimum Gasteiger partial charge on any atom is -0.377 e. The van der Waals surface area contributed by atoms with Crippen LogP contribution in [-0.2, 0) is 16.1 Å². The third-order valence-corrected chi connectivity index (χ3v) is 5.69. The summed E-state index contributed by atoms with van der Waals surface area (Å²) in [6, 6.07) is 16.3. The van der Waals surface area contributed by atoms with E-state index in [1.54, 1.807) is 0 Å². The van der Waals surface area contributed by atoms with Gasteiger partial charge in [-0.25, -0.2) is 0 Å². The number of nitrogens with zero attached hydrogens (tertiary/aromatic N) is 2. The fourth-order valence-electron chi connectivity index (χ4n) is 3.87. The summed E-state index contributed by atoms with van der Waals surface area (Å²) in [7, 11) is 4.01. The van der Waals surface area contributed by atoms with Gasteiger partial charge in [0.2, 0.25) is 11.8 Å². The number of carbonyl (C=O) groups is 2. The summed E-state index contributed by atoms with van der Waals surface area (Å²) < 4.78 is 0. The van der Waals surface area contributed by atoms with Crippen LogP contribution in [0.3, 0.4) is 0 Å². The maximum atomic E-state index is 13.6. The van der Waals surface area contributed by atoms with Crippen molar-refractivity contribution in [3.05, 3.63) is 59.7 Å². The number of hydrogen-bond acceptors (Lipinski definition) is 3. The van der Waals surface area contributed by atoms with E-state index in [1.807, 2.05) is 69.6 Å². The van der Waals surface area contributed by atoms with E-state index in [4.69, 9.17) is 0 Å². The lowest BCUT2D eigenvalue weighted by molar-refractivity contribution is -0.134. The van der Waals surface area contributed by atoms with Crippen molar-refractivity contribution in [2.24, 2.45) is 0 Å². The highest BCUT2D eigenvalue weighted by atomic mass is 16.2. The van der Waals surface area contributed by atoms with Gasteiger partial charge in [0.1, 0.15) is 0 Å². The van der Waals surface area contributed by atoms with E-state index < -0.39 is 0 Å². The van der Waals surface area contributed by atoms with Gasteiger partial charge < -0.3 is 15.1 Å². The molecule has 0 aliphatic heterocycles. The predicted octanol–water partition coefficient (Wildman–Crippen LogP) is 4.79. The van der Waals surface area contributed by atoms with Gasteiger partial charge in [0, 0.05) is 44.5 Å². The van der Waals surface area contributed by atoms with Crippen LogP contribution >= 0.6 is 0 Å². The molecule has 160 valence electrons. The summed E-state index contributed by atoms with van der Waals surface area (Å²) >= 11 is 0. The molecule has 1 aliphatic rings. The second-order valence-corrected chi connectivity index (χ2v) is 8.21. The largest absolute Gasteiger partial charge is 0.377 e. The smallest absolute Gasteiger partial charge is 0.230 e. The van der Waals surface area contributed by atoms with Crippen molar-refractivity contribution < 1.29 is 9.59 Å². The van der Waals surface area contributed by atoms with Crippen LogP contribution in [-0.4, -0.2) is 36.9 Å². The van der Waals surface area contributed by atoms with Crippen LogP contribution in [0, 0.1) is 0 Å². The van der Waals surface area contributed by atoms with Crippen molar-refractivity contribution in [3.63, 3.8) is 0 Å². The number of hydrogen-bond donors (Lipinski definition) is 1. The molecule has 1 saturated carbocycles. The molecule has 5 heteroatoms. The van der Waals surface area contributed by atoms with Gasteiger partial charge in [-0.2, -0.15) is 0 Å². The second-order valence-electron chi connectivity index (χ2n) is 8.21. The Morgan fingerprint density at radius 2 is 1.77 bits per heavy atom. The van der Waals surface area contributed by atoms with Crippen molar-refractivity contribution >= 4 is 23.2 Å². The first-order valence-electron chi connectivity index (χ1n) is 10.9. The van der Waals surface area contributed by atoms with Crippen LogP contribution in [0.15, 0.2) is 48.5 Å². The molecular weight excluding hydrogens is 374 g/mol. The van der Waals surface area contributed by atoms with E-state index in [0.29, 0.717) is 19.0 Å². The quantitative estimate of drug-likeness (QED) is 0.650. The molecular formula is C25H33N3O2. The normalized spacial score (nSPS) is 14.1. The molecule has 0 radical (unpaired) electrons. The molecule has 2 aromatic rings. The Hall–Kier alpha value is -2.82. The van der Waals surface area contributed by atoms with Gasteiger partial charge in [-0.1, -0.05) is 44.2 Å². The maximum absolute atomic E-state index is 13.6. The first kappa shape index (κ1) is 21.9. The monoisotopic (exact) mass is 407 g/mol. The van der Waals surface area contributed by atoms with Crippen molar-refractivity contribution in [3.8, 4) is 0 Å². The highest BCUT2D eigenvalue weighted by Crippen LogP contribution is 2.35. The highest BCUT2D eigenvalue weighted by Gasteiger charge is 2.36. The molecule has 0 heterocycles. The van der Waals surface area contributed by atoms with Crippen LogP contribution in [0.1, 0.15) is 56.6 Å². The number of rotatable bonds is 9. The van der Waals surface area contributed by atoms with Gasteiger partial charge in [-0.05, 0) is 48.6 Å². The van der Waals surface area contributed by atoms with Gasteiger partial charge >= 0.3 is 0 Å².